The standard InChI is InChI=1S/C8H9FN4S/c9-14-7-3-1-2-6(4-7)8(11)13-12-5-10/h1-5H,(H2,10,12)(H2,11,13). The highest BCUT2D eigenvalue weighted by molar-refractivity contribution is 7.94. The van der Waals surface area contributed by atoms with Crippen LogP contribution in [0.4, 0.5) is 3.89 Å². The fourth-order valence-electron chi connectivity index (χ4n) is 0.857. The van der Waals surface area contributed by atoms with E-state index in [2.05, 4.69) is 10.2 Å². The molecule has 74 valence electrons. The first kappa shape index (κ1) is 10.5. The van der Waals surface area contributed by atoms with E-state index in [1.54, 1.807) is 24.3 Å². The minimum atomic E-state index is 0.151. The summed E-state index contributed by atoms with van der Waals surface area (Å²) in [6.07, 6.45) is 1.03. The lowest BCUT2D eigenvalue weighted by Gasteiger charge is -1.99. The van der Waals surface area contributed by atoms with Crippen molar-refractivity contribution >= 4 is 24.3 Å². The first-order valence-corrected chi connectivity index (χ1v) is 4.45. The van der Waals surface area contributed by atoms with Crippen molar-refractivity contribution in [2.24, 2.45) is 21.7 Å². The molecule has 4 N–H and O–H groups in total. The number of halogens is 1. The van der Waals surface area contributed by atoms with Crippen LogP contribution in [0.25, 0.3) is 0 Å². The average molecular weight is 212 g/mol. The Morgan fingerprint density at radius 2 is 2.29 bits per heavy atom. The summed E-state index contributed by atoms with van der Waals surface area (Å²) in [5.74, 6) is 0.197. The molecule has 0 unspecified atom stereocenters. The van der Waals surface area contributed by atoms with Gasteiger partial charge in [-0.15, -0.1) is 10.2 Å². The fourth-order valence-corrected chi connectivity index (χ4v) is 1.16. The number of nitrogens with two attached hydrogens (primary N) is 2. The van der Waals surface area contributed by atoms with E-state index in [0.717, 1.165) is 6.34 Å². The van der Waals surface area contributed by atoms with Crippen LogP contribution in [0.15, 0.2) is 39.4 Å². The van der Waals surface area contributed by atoms with E-state index in [9.17, 15) is 3.89 Å². The Morgan fingerprint density at radius 1 is 1.50 bits per heavy atom. The zero-order valence-electron chi connectivity index (χ0n) is 7.22. The summed E-state index contributed by atoms with van der Waals surface area (Å²) in [5.41, 5.74) is 11.2. The first-order chi connectivity index (χ1) is 6.77. The second-order valence-corrected chi connectivity index (χ2v) is 2.98. The van der Waals surface area contributed by atoms with Gasteiger partial charge >= 0.3 is 0 Å². The van der Waals surface area contributed by atoms with Crippen molar-refractivity contribution in [2.45, 2.75) is 4.90 Å². The van der Waals surface area contributed by atoms with Gasteiger partial charge in [-0.05, 0) is 12.1 Å². The molecule has 0 aromatic heterocycles. The van der Waals surface area contributed by atoms with Crippen LogP contribution in [0.3, 0.4) is 0 Å². The van der Waals surface area contributed by atoms with Crippen molar-refractivity contribution in [3.05, 3.63) is 29.8 Å². The SMILES string of the molecule is N/C=N\N=C(/N)c1cccc(SF)c1. The molecule has 6 heteroatoms. The molecule has 0 aliphatic heterocycles. The molecular formula is C8H9FN4S. The highest BCUT2D eigenvalue weighted by atomic mass is 32.2. The van der Waals surface area contributed by atoms with Gasteiger partial charge < -0.3 is 11.5 Å². The fraction of sp³-hybridized carbons (Fsp3) is 0. The van der Waals surface area contributed by atoms with Crippen molar-refractivity contribution in [2.75, 3.05) is 0 Å². The predicted octanol–water partition coefficient (Wildman–Crippen LogP) is 1.27. The molecular weight excluding hydrogens is 203 g/mol. The van der Waals surface area contributed by atoms with E-state index < -0.39 is 0 Å². The maximum absolute atomic E-state index is 12.2. The Balaban J connectivity index is 2.95. The van der Waals surface area contributed by atoms with E-state index in [1.807, 2.05) is 0 Å². The molecule has 0 heterocycles. The van der Waals surface area contributed by atoms with Crippen molar-refractivity contribution in [3.63, 3.8) is 0 Å². The number of nitrogens with zero attached hydrogens (tertiary/aromatic N) is 2. The molecule has 0 fully saturated rings. The monoisotopic (exact) mass is 212 g/mol. The zero-order chi connectivity index (χ0) is 10.4. The van der Waals surface area contributed by atoms with Crippen LogP contribution in [-0.4, -0.2) is 12.2 Å². The summed E-state index contributed by atoms with van der Waals surface area (Å²) in [7, 11) is 0. The van der Waals surface area contributed by atoms with Crippen molar-refractivity contribution in [1.29, 1.82) is 0 Å². The lowest BCUT2D eigenvalue weighted by molar-refractivity contribution is 0.934. The van der Waals surface area contributed by atoms with Gasteiger partial charge in [-0.1, -0.05) is 12.1 Å². The van der Waals surface area contributed by atoms with E-state index >= 15 is 0 Å². The third kappa shape index (κ3) is 2.74. The molecule has 0 spiro atoms. The van der Waals surface area contributed by atoms with E-state index in [1.165, 1.54) is 0 Å². The van der Waals surface area contributed by atoms with Crippen LogP contribution in [-0.2, 0) is 0 Å². The van der Waals surface area contributed by atoms with Gasteiger partial charge in [-0.25, -0.2) is 0 Å². The average Bonchev–Trinajstić information content (AvgIpc) is 2.26. The Morgan fingerprint density at radius 3 is 2.93 bits per heavy atom. The van der Waals surface area contributed by atoms with Gasteiger partial charge in [0.2, 0.25) is 0 Å². The Hall–Kier alpha value is -1.56. The molecule has 1 aromatic carbocycles. The van der Waals surface area contributed by atoms with Crippen molar-refractivity contribution < 1.29 is 3.89 Å². The van der Waals surface area contributed by atoms with Gasteiger partial charge in [-0.2, -0.15) is 3.89 Å². The largest absolute Gasteiger partial charge is 0.388 e. The van der Waals surface area contributed by atoms with Crippen LogP contribution in [0, 0.1) is 0 Å². The maximum atomic E-state index is 12.2. The van der Waals surface area contributed by atoms with Crippen molar-refractivity contribution in [1.82, 2.24) is 0 Å². The maximum Gasteiger partial charge on any atom is 0.153 e. The van der Waals surface area contributed by atoms with E-state index in [0.29, 0.717) is 10.5 Å². The Labute approximate surface area is 85.2 Å². The molecule has 4 nitrogen and oxygen atoms in total. The molecule has 0 saturated carbocycles. The van der Waals surface area contributed by atoms with Crippen LogP contribution >= 0.6 is 12.1 Å². The highest BCUT2D eigenvalue weighted by Gasteiger charge is 2.00. The summed E-state index contributed by atoms with van der Waals surface area (Å²) in [4.78, 5) is 0.470. The van der Waals surface area contributed by atoms with Gasteiger partial charge in [0.05, 0.1) is 12.1 Å². The smallest absolute Gasteiger partial charge is 0.153 e. The molecule has 1 aromatic rings. The van der Waals surface area contributed by atoms with Gasteiger partial charge in [0.1, 0.15) is 6.34 Å². The quantitative estimate of drug-likeness (QED) is 0.450. The van der Waals surface area contributed by atoms with E-state index in [4.69, 9.17) is 11.5 Å². The van der Waals surface area contributed by atoms with Gasteiger partial charge in [-0.3, -0.25) is 0 Å². The third-order valence-electron chi connectivity index (χ3n) is 1.45. The second kappa shape index (κ2) is 5.23. The number of amidine groups is 1. The molecule has 0 aliphatic rings. The summed E-state index contributed by atoms with van der Waals surface area (Å²) < 4.78 is 12.2. The highest BCUT2D eigenvalue weighted by Crippen LogP contribution is 2.19. The minimum absolute atomic E-state index is 0.151. The first-order valence-electron chi connectivity index (χ1n) is 3.73. The van der Waals surface area contributed by atoms with Gasteiger partial charge in [0, 0.05) is 10.5 Å². The lowest BCUT2D eigenvalue weighted by Crippen LogP contribution is -2.12. The Bertz CT molecular complexity index is 364. The molecule has 0 radical (unpaired) electrons. The summed E-state index contributed by atoms with van der Waals surface area (Å²) in [5, 5.41) is 7.01. The third-order valence-corrected chi connectivity index (χ3v) is 1.88. The predicted molar refractivity (Wildman–Crippen MR) is 56.8 cm³/mol. The molecule has 0 amide bonds. The summed E-state index contributed by atoms with van der Waals surface area (Å²) in [6.45, 7) is 0. The number of hydrogen-bond acceptors (Lipinski definition) is 3. The number of rotatable bonds is 3. The molecule has 0 aliphatic carbocycles. The summed E-state index contributed by atoms with van der Waals surface area (Å²) in [6, 6.07) is 6.61. The van der Waals surface area contributed by atoms with Crippen molar-refractivity contribution in [3.8, 4) is 0 Å². The normalized spacial score (nSPS) is 12.2. The second-order valence-electron chi connectivity index (χ2n) is 2.35. The number of benzene rings is 1. The molecule has 0 saturated heterocycles. The minimum Gasteiger partial charge on any atom is -0.388 e. The van der Waals surface area contributed by atoms with Gasteiger partial charge in [0.25, 0.3) is 0 Å². The zero-order valence-corrected chi connectivity index (χ0v) is 8.04. The van der Waals surface area contributed by atoms with E-state index in [-0.39, 0.29) is 18.0 Å². The Kier molecular flexibility index (Phi) is 3.93. The topological polar surface area (TPSA) is 76.8 Å². The van der Waals surface area contributed by atoms with Crippen LogP contribution < -0.4 is 11.5 Å². The van der Waals surface area contributed by atoms with Crippen LogP contribution in [0.2, 0.25) is 0 Å². The van der Waals surface area contributed by atoms with Gasteiger partial charge in [0.15, 0.2) is 5.84 Å². The van der Waals surface area contributed by atoms with Crippen LogP contribution in [0.5, 0.6) is 0 Å². The molecule has 0 bridgehead atoms. The molecule has 14 heavy (non-hydrogen) atoms. The molecule has 1 rings (SSSR count). The van der Waals surface area contributed by atoms with Crippen LogP contribution in [0.1, 0.15) is 5.56 Å². The summed E-state index contributed by atoms with van der Waals surface area (Å²) >= 11 is 0.151. The lowest BCUT2D eigenvalue weighted by atomic mass is 10.2. The number of hydrogen-bond donors (Lipinski definition) is 2. The molecule has 0 atom stereocenters.